The molecule has 1 rings (SSSR count). The Bertz CT molecular complexity index is 78.0. The number of hydrogen-bond donors (Lipinski definition) is 0. The van der Waals surface area contributed by atoms with Gasteiger partial charge in [-0.2, -0.15) is 0 Å². The van der Waals surface area contributed by atoms with Crippen molar-refractivity contribution in [1.29, 1.82) is 0 Å². The van der Waals surface area contributed by atoms with Crippen molar-refractivity contribution >= 4 is 0 Å². The molecule has 0 aromatic carbocycles. The third-order valence-corrected chi connectivity index (χ3v) is 2.66. The van der Waals surface area contributed by atoms with E-state index >= 15 is 0 Å². The van der Waals surface area contributed by atoms with E-state index in [1.54, 1.807) is 0 Å². The summed E-state index contributed by atoms with van der Waals surface area (Å²) in [5.74, 6) is 1.82. The highest BCUT2D eigenvalue weighted by atomic mass is 14.2. The van der Waals surface area contributed by atoms with Gasteiger partial charge in [0.05, 0.1) is 0 Å². The van der Waals surface area contributed by atoms with Gasteiger partial charge in [-0.3, -0.25) is 0 Å². The molecule has 0 N–H and O–H groups in total. The molecule has 1 radical (unpaired) electrons. The molecule has 0 unspecified atom stereocenters. The van der Waals surface area contributed by atoms with Crippen LogP contribution < -0.4 is 0 Å². The first kappa shape index (κ1) is 8.10. The Morgan fingerprint density at radius 2 is 1.80 bits per heavy atom. The maximum absolute atomic E-state index is 4.09. The summed E-state index contributed by atoms with van der Waals surface area (Å²) in [7, 11) is 0. The zero-order chi connectivity index (χ0) is 7.40. The lowest BCUT2D eigenvalue weighted by atomic mass is 9.81. The molecule has 1 aliphatic carbocycles. The van der Waals surface area contributed by atoms with Crippen molar-refractivity contribution in [2.24, 2.45) is 11.8 Å². The molecule has 0 atom stereocenters. The summed E-state index contributed by atoms with van der Waals surface area (Å²) in [6, 6.07) is 0. The zero-order valence-corrected chi connectivity index (χ0v) is 7.10. The summed E-state index contributed by atoms with van der Waals surface area (Å²) in [6.07, 6.45) is 8.47. The second-order valence-corrected chi connectivity index (χ2v) is 3.68. The molecule has 1 aliphatic rings. The van der Waals surface area contributed by atoms with Gasteiger partial charge >= 0.3 is 0 Å². The average Bonchev–Trinajstić information content (AvgIpc) is 1.95. The molecule has 1 saturated carbocycles. The second-order valence-electron chi connectivity index (χ2n) is 3.68. The Morgan fingerprint density at radius 1 is 1.20 bits per heavy atom. The van der Waals surface area contributed by atoms with Crippen LogP contribution in [0.4, 0.5) is 0 Å². The van der Waals surface area contributed by atoms with Crippen LogP contribution in [-0.2, 0) is 0 Å². The van der Waals surface area contributed by atoms with E-state index in [0.29, 0.717) is 0 Å². The van der Waals surface area contributed by atoms with E-state index in [1.165, 1.54) is 38.5 Å². The Kier molecular flexibility index (Phi) is 3.24. The molecule has 0 nitrogen and oxygen atoms in total. The van der Waals surface area contributed by atoms with Gasteiger partial charge in [0.2, 0.25) is 0 Å². The quantitative estimate of drug-likeness (QED) is 0.550. The van der Waals surface area contributed by atoms with Gasteiger partial charge in [0.15, 0.2) is 0 Å². The van der Waals surface area contributed by atoms with Crippen LogP contribution in [0, 0.1) is 18.8 Å². The van der Waals surface area contributed by atoms with E-state index in [1.807, 2.05) is 0 Å². The summed E-state index contributed by atoms with van der Waals surface area (Å²) in [5.41, 5.74) is 0. The van der Waals surface area contributed by atoms with Crippen LogP contribution in [-0.4, -0.2) is 0 Å². The maximum Gasteiger partial charge on any atom is -0.0414 e. The monoisotopic (exact) mass is 139 g/mol. The van der Waals surface area contributed by atoms with Gasteiger partial charge in [0.1, 0.15) is 0 Å². The summed E-state index contributed by atoms with van der Waals surface area (Å²) in [4.78, 5) is 0. The van der Waals surface area contributed by atoms with Gasteiger partial charge in [0.25, 0.3) is 0 Å². The average molecular weight is 139 g/mol. The minimum Gasteiger partial charge on any atom is -0.0654 e. The van der Waals surface area contributed by atoms with E-state index in [9.17, 15) is 0 Å². The van der Waals surface area contributed by atoms with Crippen molar-refractivity contribution < 1.29 is 0 Å². The Balaban J connectivity index is 2.13. The van der Waals surface area contributed by atoms with Crippen LogP contribution in [0.25, 0.3) is 0 Å². The smallest absolute Gasteiger partial charge is 0.0414 e. The molecule has 0 spiro atoms. The molecular weight excluding hydrogens is 120 g/mol. The molecule has 0 aromatic heterocycles. The Morgan fingerprint density at radius 3 is 2.30 bits per heavy atom. The molecule has 0 amide bonds. The van der Waals surface area contributed by atoms with Gasteiger partial charge in [-0.05, 0) is 11.8 Å². The van der Waals surface area contributed by atoms with Gasteiger partial charge in [-0.15, -0.1) is 0 Å². The van der Waals surface area contributed by atoms with Crippen molar-refractivity contribution in [2.45, 2.75) is 45.4 Å². The molecule has 10 heavy (non-hydrogen) atoms. The van der Waals surface area contributed by atoms with E-state index < -0.39 is 0 Å². The van der Waals surface area contributed by atoms with Crippen molar-refractivity contribution in [2.75, 3.05) is 0 Å². The van der Waals surface area contributed by atoms with E-state index in [4.69, 9.17) is 0 Å². The predicted octanol–water partition coefficient (Wildman–Crippen LogP) is 3.43. The fourth-order valence-corrected chi connectivity index (χ4v) is 1.93. The normalized spacial score (nSPS) is 34.2. The first-order chi connectivity index (χ1) is 4.83. The molecular formula is C10H19. The van der Waals surface area contributed by atoms with Crippen LogP contribution in [0.5, 0.6) is 0 Å². The molecule has 1 fully saturated rings. The van der Waals surface area contributed by atoms with E-state index in [-0.39, 0.29) is 0 Å². The van der Waals surface area contributed by atoms with Crippen molar-refractivity contribution in [3.8, 4) is 0 Å². The van der Waals surface area contributed by atoms with Gasteiger partial charge < -0.3 is 0 Å². The first-order valence-corrected chi connectivity index (χ1v) is 4.66. The van der Waals surface area contributed by atoms with Crippen molar-refractivity contribution in [3.05, 3.63) is 6.92 Å². The Hall–Kier alpha value is 0. The molecule has 0 heterocycles. The third kappa shape index (κ3) is 2.32. The minimum atomic E-state index is 0.771. The van der Waals surface area contributed by atoms with E-state index in [0.717, 1.165) is 11.8 Å². The fraction of sp³-hybridized carbons (Fsp3) is 0.900. The van der Waals surface area contributed by atoms with Crippen LogP contribution in [0.15, 0.2) is 0 Å². The SMILES string of the molecule is [CH2][C@H]1CC[C@H](CCC)CC1. The standard InChI is InChI=1S/C10H19/c1-3-4-10-7-5-9(2)6-8-10/h9-10H,2-8H2,1H3/t9-,10-. The minimum absolute atomic E-state index is 0.771. The van der Waals surface area contributed by atoms with Crippen molar-refractivity contribution in [3.63, 3.8) is 0 Å². The molecule has 0 saturated heterocycles. The van der Waals surface area contributed by atoms with Crippen LogP contribution in [0.1, 0.15) is 45.4 Å². The van der Waals surface area contributed by atoms with Crippen LogP contribution >= 0.6 is 0 Å². The summed E-state index contributed by atoms with van der Waals surface area (Å²) < 4.78 is 0. The summed E-state index contributed by atoms with van der Waals surface area (Å²) >= 11 is 0. The highest BCUT2D eigenvalue weighted by Gasteiger charge is 2.16. The summed E-state index contributed by atoms with van der Waals surface area (Å²) in [5, 5.41) is 0. The topological polar surface area (TPSA) is 0 Å². The summed E-state index contributed by atoms with van der Waals surface area (Å²) in [6.45, 7) is 6.38. The highest BCUT2D eigenvalue weighted by Crippen LogP contribution is 2.30. The van der Waals surface area contributed by atoms with E-state index in [2.05, 4.69) is 13.8 Å². The predicted molar refractivity (Wildman–Crippen MR) is 45.7 cm³/mol. The lowest BCUT2D eigenvalue weighted by Crippen LogP contribution is -2.11. The lowest BCUT2D eigenvalue weighted by Gasteiger charge is -2.25. The third-order valence-electron chi connectivity index (χ3n) is 2.66. The van der Waals surface area contributed by atoms with Crippen molar-refractivity contribution in [1.82, 2.24) is 0 Å². The number of rotatable bonds is 2. The zero-order valence-electron chi connectivity index (χ0n) is 7.10. The second kappa shape index (κ2) is 4.00. The molecule has 0 aliphatic heterocycles. The maximum atomic E-state index is 4.09. The lowest BCUT2D eigenvalue weighted by molar-refractivity contribution is 0.293. The molecule has 0 heteroatoms. The van der Waals surface area contributed by atoms with Crippen LogP contribution in [0.2, 0.25) is 0 Å². The highest BCUT2D eigenvalue weighted by molar-refractivity contribution is 4.73. The van der Waals surface area contributed by atoms with Gasteiger partial charge in [0, 0.05) is 0 Å². The molecule has 59 valence electrons. The van der Waals surface area contributed by atoms with Crippen LogP contribution in [0.3, 0.4) is 0 Å². The largest absolute Gasteiger partial charge is 0.0654 e. The fourth-order valence-electron chi connectivity index (χ4n) is 1.93. The molecule has 0 aromatic rings. The number of hydrogen-bond acceptors (Lipinski definition) is 0. The first-order valence-electron chi connectivity index (χ1n) is 4.66. The van der Waals surface area contributed by atoms with Gasteiger partial charge in [-0.1, -0.05) is 52.4 Å². The Labute approximate surface area is 65.0 Å². The van der Waals surface area contributed by atoms with Gasteiger partial charge in [-0.25, -0.2) is 0 Å². The molecule has 0 bridgehead atoms.